The highest BCUT2D eigenvalue weighted by atomic mass is 16.4. The zero-order valence-electron chi connectivity index (χ0n) is 11.9. The summed E-state index contributed by atoms with van der Waals surface area (Å²) in [5, 5.41) is 20.7. The van der Waals surface area contributed by atoms with E-state index in [1.54, 1.807) is 6.92 Å². The van der Waals surface area contributed by atoms with Crippen LogP contribution in [-0.2, 0) is 14.4 Å². The standard InChI is InChI=1S/C13H22N2O5/c1-3-5-13(12(19)20)6-4-7-15(13)11(18)9(2)14-8-10(16)17/h9,14H,3-8H2,1-2H3,(H,16,17)(H,19,20)/t9-,13-/m0/s1. The van der Waals surface area contributed by atoms with Crippen LogP contribution in [0, 0.1) is 0 Å². The van der Waals surface area contributed by atoms with E-state index in [1.165, 1.54) is 4.90 Å². The van der Waals surface area contributed by atoms with Gasteiger partial charge in [-0.05, 0) is 26.2 Å². The number of carbonyl (C=O) groups is 3. The predicted octanol–water partition coefficient (Wildman–Crippen LogP) is 0.295. The van der Waals surface area contributed by atoms with E-state index in [1.807, 2.05) is 6.92 Å². The van der Waals surface area contributed by atoms with E-state index in [4.69, 9.17) is 5.11 Å². The van der Waals surface area contributed by atoms with Crippen molar-refractivity contribution in [3.05, 3.63) is 0 Å². The van der Waals surface area contributed by atoms with Crippen LogP contribution in [0.4, 0.5) is 0 Å². The molecule has 1 amide bonds. The van der Waals surface area contributed by atoms with Gasteiger partial charge in [-0.3, -0.25) is 14.9 Å². The van der Waals surface area contributed by atoms with Crippen molar-refractivity contribution in [1.82, 2.24) is 10.2 Å². The van der Waals surface area contributed by atoms with Crippen molar-refractivity contribution in [3.63, 3.8) is 0 Å². The minimum Gasteiger partial charge on any atom is -0.480 e. The lowest BCUT2D eigenvalue weighted by Crippen LogP contribution is -2.57. The summed E-state index contributed by atoms with van der Waals surface area (Å²) in [7, 11) is 0. The van der Waals surface area contributed by atoms with Gasteiger partial charge in [-0.25, -0.2) is 4.79 Å². The average molecular weight is 286 g/mol. The highest BCUT2D eigenvalue weighted by molar-refractivity contribution is 5.90. The highest BCUT2D eigenvalue weighted by Crippen LogP contribution is 2.34. The number of rotatable bonds is 7. The van der Waals surface area contributed by atoms with E-state index in [-0.39, 0.29) is 12.5 Å². The lowest BCUT2D eigenvalue weighted by Gasteiger charge is -2.36. The Morgan fingerprint density at radius 3 is 2.50 bits per heavy atom. The van der Waals surface area contributed by atoms with Gasteiger partial charge in [-0.2, -0.15) is 0 Å². The molecule has 0 spiro atoms. The molecular weight excluding hydrogens is 264 g/mol. The SMILES string of the molecule is CCC[C@@]1(C(=O)O)CCCN1C(=O)[C@H](C)NCC(=O)O. The molecule has 1 heterocycles. The molecule has 1 saturated heterocycles. The normalized spacial score (nSPS) is 23.6. The summed E-state index contributed by atoms with van der Waals surface area (Å²) in [6, 6.07) is -0.709. The number of carboxylic acid groups (broad SMARTS) is 2. The summed E-state index contributed by atoms with van der Waals surface area (Å²) in [6.45, 7) is 3.53. The van der Waals surface area contributed by atoms with Gasteiger partial charge in [0.1, 0.15) is 5.54 Å². The van der Waals surface area contributed by atoms with Crippen molar-refractivity contribution >= 4 is 17.8 Å². The van der Waals surface area contributed by atoms with Gasteiger partial charge < -0.3 is 15.1 Å². The Kier molecular flexibility index (Phi) is 5.50. The first-order valence-electron chi connectivity index (χ1n) is 6.85. The van der Waals surface area contributed by atoms with Gasteiger partial charge in [-0.15, -0.1) is 0 Å². The second-order valence-electron chi connectivity index (χ2n) is 5.18. The Balaban J connectivity index is 2.83. The molecule has 7 heteroatoms. The monoisotopic (exact) mass is 286 g/mol. The lowest BCUT2D eigenvalue weighted by molar-refractivity contribution is -0.158. The number of nitrogens with one attached hydrogen (secondary N) is 1. The molecule has 3 N–H and O–H groups in total. The quantitative estimate of drug-likeness (QED) is 0.621. The van der Waals surface area contributed by atoms with Crippen molar-refractivity contribution in [2.24, 2.45) is 0 Å². The minimum atomic E-state index is -1.13. The largest absolute Gasteiger partial charge is 0.480 e. The summed E-state index contributed by atoms with van der Waals surface area (Å²) in [5.74, 6) is -2.38. The van der Waals surface area contributed by atoms with Crippen LogP contribution in [0.25, 0.3) is 0 Å². The molecule has 20 heavy (non-hydrogen) atoms. The zero-order valence-corrected chi connectivity index (χ0v) is 11.9. The Bertz CT molecular complexity index is 398. The molecule has 7 nitrogen and oxygen atoms in total. The van der Waals surface area contributed by atoms with Gasteiger partial charge in [0.05, 0.1) is 12.6 Å². The van der Waals surface area contributed by atoms with Crippen molar-refractivity contribution in [3.8, 4) is 0 Å². The maximum atomic E-state index is 12.4. The first kappa shape index (κ1) is 16.4. The van der Waals surface area contributed by atoms with Crippen LogP contribution in [0.1, 0.15) is 39.5 Å². The topological polar surface area (TPSA) is 107 Å². The molecule has 1 aliphatic rings. The molecule has 0 saturated carbocycles. The summed E-state index contributed by atoms with van der Waals surface area (Å²) >= 11 is 0. The molecule has 0 unspecified atom stereocenters. The first-order chi connectivity index (χ1) is 9.35. The predicted molar refractivity (Wildman–Crippen MR) is 71.3 cm³/mol. The van der Waals surface area contributed by atoms with E-state index in [0.717, 1.165) is 0 Å². The van der Waals surface area contributed by atoms with E-state index in [0.29, 0.717) is 32.2 Å². The second kappa shape index (κ2) is 6.69. The molecule has 1 rings (SSSR count). The number of nitrogens with zero attached hydrogens (tertiary/aromatic N) is 1. The minimum absolute atomic E-state index is 0.325. The van der Waals surface area contributed by atoms with Gasteiger partial charge in [-0.1, -0.05) is 13.3 Å². The smallest absolute Gasteiger partial charge is 0.329 e. The molecule has 0 radical (unpaired) electrons. The average Bonchev–Trinajstić information content (AvgIpc) is 2.80. The Morgan fingerprint density at radius 1 is 1.35 bits per heavy atom. The molecule has 0 aromatic heterocycles. The number of aliphatic carboxylic acids is 2. The third-order valence-corrected chi connectivity index (χ3v) is 3.75. The summed E-state index contributed by atoms with van der Waals surface area (Å²) in [4.78, 5) is 35.9. The fourth-order valence-electron chi connectivity index (χ4n) is 2.76. The van der Waals surface area contributed by atoms with Crippen molar-refractivity contribution in [2.45, 2.75) is 51.1 Å². The Hall–Kier alpha value is -1.63. The number of hydrogen-bond donors (Lipinski definition) is 3. The molecule has 0 aliphatic carbocycles. The molecule has 0 aromatic rings. The van der Waals surface area contributed by atoms with Crippen LogP contribution in [0.2, 0.25) is 0 Å². The summed E-state index contributed by atoms with van der Waals surface area (Å²) < 4.78 is 0. The van der Waals surface area contributed by atoms with Crippen LogP contribution in [-0.4, -0.2) is 57.6 Å². The van der Waals surface area contributed by atoms with Crippen LogP contribution < -0.4 is 5.32 Å². The molecule has 114 valence electrons. The van der Waals surface area contributed by atoms with Crippen LogP contribution in [0.3, 0.4) is 0 Å². The van der Waals surface area contributed by atoms with Crippen molar-refractivity contribution in [1.29, 1.82) is 0 Å². The Morgan fingerprint density at radius 2 is 2.00 bits per heavy atom. The van der Waals surface area contributed by atoms with Crippen molar-refractivity contribution < 1.29 is 24.6 Å². The van der Waals surface area contributed by atoms with E-state index in [9.17, 15) is 19.5 Å². The van der Waals surface area contributed by atoms with E-state index < -0.39 is 23.5 Å². The van der Waals surface area contributed by atoms with Gasteiger partial charge >= 0.3 is 11.9 Å². The summed E-state index contributed by atoms with van der Waals surface area (Å²) in [5.41, 5.74) is -1.13. The number of hydrogen-bond acceptors (Lipinski definition) is 4. The second-order valence-corrected chi connectivity index (χ2v) is 5.18. The maximum absolute atomic E-state index is 12.4. The number of carboxylic acids is 2. The molecule has 1 fully saturated rings. The number of amides is 1. The fraction of sp³-hybridized carbons (Fsp3) is 0.769. The Labute approximate surface area is 117 Å². The van der Waals surface area contributed by atoms with Crippen molar-refractivity contribution in [2.75, 3.05) is 13.1 Å². The van der Waals surface area contributed by atoms with Gasteiger partial charge in [0.25, 0.3) is 0 Å². The van der Waals surface area contributed by atoms with Gasteiger partial charge in [0.2, 0.25) is 5.91 Å². The number of carbonyl (C=O) groups excluding carboxylic acids is 1. The summed E-state index contributed by atoms with van der Waals surface area (Å²) in [6.07, 6.45) is 2.20. The molecule has 1 aliphatic heterocycles. The number of likely N-dealkylation sites (tertiary alicyclic amines) is 1. The van der Waals surface area contributed by atoms with Crippen LogP contribution in [0.15, 0.2) is 0 Å². The van der Waals surface area contributed by atoms with Crippen LogP contribution >= 0.6 is 0 Å². The maximum Gasteiger partial charge on any atom is 0.329 e. The molecule has 0 aromatic carbocycles. The third-order valence-electron chi connectivity index (χ3n) is 3.75. The van der Waals surface area contributed by atoms with Gasteiger partial charge in [0.15, 0.2) is 0 Å². The zero-order chi connectivity index (χ0) is 15.3. The third kappa shape index (κ3) is 3.27. The molecule has 0 bridgehead atoms. The van der Waals surface area contributed by atoms with E-state index in [2.05, 4.69) is 5.32 Å². The first-order valence-corrected chi connectivity index (χ1v) is 6.85. The molecule has 2 atom stereocenters. The van der Waals surface area contributed by atoms with E-state index >= 15 is 0 Å². The fourth-order valence-corrected chi connectivity index (χ4v) is 2.76. The lowest BCUT2D eigenvalue weighted by atomic mass is 9.90. The van der Waals surface area contributed by atoms with Gasteiger partial charge in [0, 0.05) is 6.54 Å². The molecular formula is C13H22N2O5. The van der Waals surface area contributed by atoms with Crippen LogP contribution in [0.5, 0.6) is 0 Å². The highest BCUT2D eigenvalue weighted by Gasteiger charge is 2.49.